The van der Waals surface area contributed by atoms with Crippen LogP contribution in [0.3, 0.4) is 0 Å². The van der Waals surface area contributed by atoms with E-state index in [4.69, 9.17) is 4.74 Å². The van der Waals surface area contributed by atoms with Crippen molar-refractivity contribution in [1.82, 2.24) is 0 Å². The van der Waals surface area contributed by atoms with Crippen LogP contribution in [0.5, 0.6) is 5.75 Å². The van der Waals surface area contributed by atoms with E-state index in [1.807, 2.05) is 60.8 Å². The van der Waals surface area contributed by atoms with Crippen LogP contribution in [0.25, 0.3) is 0 Å². The van der Waals surface area contributed by atoms with E-state index in [0.717, 1.165) is 34.6 Å². The predicted octanol–water partition coefficient (Wildman–Crippen LogP) is 5.47. The number of allylic oxidation sites excluding steroid dienone is 1. The maximum atomic E-state index is 13.4. The Morgan fingerprint density at radius 3 is 2.43 bits per heavy atom. The van der Waals surface area contributed by atoms with Gasteiger partial charge in [0.1, 0.15) is 5.75 Å². The van der Waals surface area contributed by atoms with Gasteiger partial charge in [-0.15, -0.1) is 0 Å². The fourth-order valence-electron chi connectivity index (χ4n) is 4.14. The minimum absolute atomic E-state index is 0.00515. The first-order valence-corrected chi connectivity index (χ1v) is 9.63. The van der Waals surface area contributed by atoms with Crippen molar-refractivity contribution >= 4 is 11.5 Å². The predicted molar refractivity (Wildman–Crippen MR) is 111 cm³/mol. The number of hydrogen-bond acceptors (Lipinski definition) is 3. The van der Waals surface area contributed by atoms with E-state index in [1.165, 1.54) is 5.56 Å². The van der Waals surface area contributed by atoms with Gasteiger partial charge in [0, 0.05) is 29.7 Å². The molecule has 0 fully saturated rings. The Balaban J connectivity index is 1.62. The monoisotopic (exact) mass is 367 g/mol. The fraction of sp³-hybridized carbons (Fsp3) is 0.160. The molecule has 28 heavy (non-hydrogen) atoms. The van der Waals surface area contributed by atoms with E-state index in [-0.39, 0.29) is 17.9 Å². The first-order valence-electron chi connectivity index (χ1n) is 9.63. The highest BCUT2D eigenvalue weighted by atomic mass is 16.5. The van der Waals surface area contributed by atoms with Crippen LogP contribution in [0.15, 0.2) is 90.6 Å². The molecule has 5 rings (SSSR count). The molecule has 2 aliphatic rings. The van der Waals surface area contributed by atoms with E-state index in [2.05, 4.69) is 36.1 Å². The number of rotatable bonds is 3. The molecule has 3 nitrogen and oxygen atoms in total. The Labute approximate surface area is 164 Å². The summed E-state index contributed by atoms with van der Waals surface area (Å²) in [7, 11) is 0. The average molecular weight is 367 g/mol. The van der Waals surface area contributed by atoms with Gasteiger partial charge in [-0.1, -0.05) is 66.7 Å². The van der Waals surface area contributed by atoms with Gasteiger partial charge in [0.2, 0.25) is 0 Å². The molecule has 0 saturated heterocycles. The summed E-state index contributed by atoms with van der Waals surface area (Å²) < 4.78 is 6.22. The number of benzene rings is 3. The van der Waals surface area contributed by atoms with Crippen molar-refractivity contribution < 1.29 is 9.53 Å². The molecule has 2 atom stereocenters. The molecule has 2 aliphatic heterocycles. The highest BCUT2D eigenvalue weighted by Gasteiger charge is 2.39. The molecule has 0 aromatic heterocycles. The number of carbonyl (C=O) groups excluding carboxylic acids is 1. The summed E-state index contributed by atoms with van der Waals surface area (Å²) in [4.78, 5) is 15.5. The minimum Gasteiger partial charge on any atom is -0.468 e. The fourth-order valence-corrected chi connectivity index (χ4v) is 4.14. The molecule has 3 heteroatoms. The topological polar surface area (TPSA) is 29.5 Å². The molecular weight excluding hydrogens is 346 g/mol. The molecular formula is C25H21NO2. The molecule has 3 aromatic carbocycles. The molecule has 0 saturated carbocycles. The molecule has 0 unspecified atom stereocenters. The first-order chi connectivity index (χ1) is 13.7. The number of hydrogen-bond donors (Lipinski definition) is 0. The number of fused-ring (bicyclic) bond motifs is 3. The first kappa shape index (κ1) is 16.8. The lowest BCUT2D eigenvalue weighted by atomic mass is 9.82. The van der Waals surface area contributed by atoms with Crippen LogP contribution in [0.4, 0.5) is 5.69 Å². The van der Waals surface area contributed by atoms with Crippen LogP contribution in [0.2, 0.25) is 0 Å². The van der Waals surface area contributed by atoms with Crippen molar-refractivity contribution in [1.29, 1.82) is 0 Å². The van der Waals surface area contributed by atoms with E-state index in [9.17, 15) is 4.79 Å². The SMILES string of the molecule is Cc1ccc2c(c1)N1C=C(C(=O)c3ccccc3)[C@H](c3ccccc3)C[C@H]1O2. The number of nitrogens with zero attached hydrogens (tertiary/aromatic N) is 1. The van der Waals surface area contributed by atoms with Crippen molar-refractivity contribution in [2.24, 2.45) is 0 Å². The molecule has 0 bridgehead atoms. The summed E-state index contributed by atoms with van der Waals surface area (Å²) in [6.07, 6.45) is 2.66. The third kappa shape index (κ3) is 2.80. The van der Waals surface area contributed by atoms with Crippen LogP contribution in [0, 0.1) is 6.92 Å². The van der Waals surface area contributed by atoms with E-state index in [0.29, 0.717) is 0 Å². The number of ketones is 1. The number of carbonyl (C=O) groups is 1. The van der Waals surface area contributed by atoms with Crippen LogP contribution in [0.1, 0.15) is 33.8 Å². The zero-order valence-corrected chi connectivity index (χ0v) is 15.7. The average Bonchev–Trinajstić information content (AvgIpc) is 3.10. The molecule has 3 aromatic rings. The Bertz CT molecular complexity index is 1060. The normalized spacial score (nSPS) is 20.0. The molecule has 2 heterocycles. The van der Waals surface area contributed by atoms with Crippen LogP contribution >= 0.6 is 0 Å². The van der Waals surface area contributed by atoms with Gasteiger partial charge in [0.05, 0.1) is 5.69 Å². The van der Waals surface area contributed by atoms with Gasteiger partial charge in [-0.25, -0.2) is 0 Å². The lowest BCUT2D eigenvalue weighted by molar-refractivity contribution is 0.101. The van der Waals surface area contributed by atoms with Crippen molar-refractivity contribution in [3.8, 4) is 5.75 Å². The quantitative estimate of drug-likeness (QED) is 0.575. The van der Waals surface area contributed by atoms with Gasteiger partial charge in [-0.2, -0.15) is 0 Å². The Morgan fingerprint density at radius 2 is 1.68 bits per heavy atom. The summed E-state index contributed by atoms with van der Waals surface area (Å²) in [5, 5.41) is 0. The maximum Gasteiger partial charge on any atom is 0.191 e. The molecule has 0 amide bonds. The summed E-state index contributed by atoms with van der Waals surface area (Å²) in [6.45, 7) is 2.07. The third-order valence-electron chi connectivity index (χ3n) is 5.56. The van der Waals surface area contributed by atoms with Gasteiger partial charge in [0.15, 0.2) is 12.0 Å². The molecule has 0 radical (unpaired) electrons. The summed E-state index contributed by atoms with van der Waals surface area (Å²) >= 11 is 0. The summed E-state index contributed by atoms with van der Waals surface area (Å²) in [5.74, 6) is 0.964. The number of aryl methyl sites for hydroxylation is 1. The van der Waals surface area contributed by atoms with Gasteiger partial charge in [-0.3, -0.25) is 4.79 Å². The number of Topliss-reactive ketones (excluding diaryl/α,β-unsaturated/α-hetero) is 1. The minimum atomic E-state index is -0.0886. The summed E-state index contributed by atoms with van der Waals surface area (Å²) in [5.41, 5.74) is 4.89. The highest BCUT2D eigenvalue weighted by molar-refractivity contribution is 6.10. The second kappa shape index (κ2) is 6.68. The standard InChI is InChI=1S/C25H21NO2/c1-17-12-13-23-22(14-17)26-16-21(25(27)19-10-6-3-7-11-19)20(15-24(26)28-23)18-8-4-2-5-9-18/h2-14,16,20,24H,15H2,1H3/t20-,24+/m0/s1. The largest absolute Gasteiger partial charge is 0.468 e. The van der Waals surface area contributed by atoms with Gasteiger partial charge >= 0.3 is 0 Å². The van der Waals surface area contributed by atoms with Crippen LogP contribution < -0.4 is 9.64 Å². The van der Waals surface area contributed by atoms with Crippen LogP contribution in [-0.4, -0.2) is 12.0 Å². The van der Waals surface area contributed by atoms with Gasteiger partial charge in [0.25, 0.3) is 0 Å². The van der Waals surface area contributed by atoms with E-state index in [1.54, 1.807) is 0 Å². The van der Waals surface area contributed by atoms with Gasteiger partial charge < -0.3 is 9.64 Å². The molecule has 138 valence electrons. The zero-order chi connectivity index (χ0) is 19.1. The Kier molecular flexibility index (Phi) is 4.01. The van der Waals surface area contributed by atoms with Crippen molar-refractivity contribution in [3.05, 3.63) is 107 Å². The molecule has 0 N–H and O–H groups in total. The van der Waals surface area contributed by atoms with Crippen molar-refractivity contribution in [3.63, 3.8) is 0 Å². The van der Waals surface area contributed by atoms with E-state index < -0.39 is 0 Å². The zero-order valence-electron chi connectivity index (χ0n) is 15.7. The maximum absolute atomic E-state index is 13.4. The smallest absolute Gasteiger partial charge is 0.191 e. The second-order valence-corrected chi connectivity index (χ2v) is 7.43. The Hall–Kier alpha value is -3.33. The highest BCUT2D eigenvalue weighted by Crippen LogP contribution is 2.46. The lowest BCUT2D eigenvalue weighted by Crippen LogP contribution is -2.38. The van der Waals surface area contributed by atoms with Crippen molar-refractivity contribution in [2.45, 2.75) is 25.5 Å². The lowest BCUT2D eigenvalue weighted by Gasteiger charge is -2.33. The molecule has 0 spiro atoms. The van der Waals surface area contributed by atoms with Gasteiger partial charge in [-0.05, 0) is 30.2 Å². The molecule has 0 aliphatic carbocycles. The number of ether oxygens (including phenoxy) is 1. The Morgan fingerprint density at radius 1 is 0.964 bits per heavy atom. The summed E-state index contributed by atoms with van der Waals surface area (Å²) in [6, 6.07) is 26.0. The van der Waals surface area contributed by atoms with Crippen LogP contribution in [-0.2, 0) is 0 Å². The number of anilines is 1. The second-order valence-electron chi connectivity index (χ2n) is 7.43. The van der Waals surface area contributed by atoms with Crippen molar-refractivity contribution in [2.75, 3.05) is 4.90 Å². The third-order valence-corrected chi connectivity index (χ3v) is 5.56. The van der Waals surface area contributed by atoms with E-state index >= 15 is 0 Å².